The highest BCUT2D eigenvalue weighted by Crippen LogP contribution is 2.17. The van der Waals surface area contributed by atoms with Crippen molar-refractivity contribution in [3.8, 4) is 0 Å². The van der Waals surface area contributed by atoms with Gasteiger partial charge in [-0.05, 0) is 19.4 Å². The number of esters is 1. The van der Waals surface area contributed by atoms with Gasteiger partial charge in [0.25, 0.3) is 0 Å². The molecule has 1 rings (SSSR count). The molecule has 0 aliphatic carbocycles. The highest BCUT2D eigenvalue weighted by atomic mass is 32.1. The number of ether oxygens (including phenoxy) is 1. The minimum absolute atomic E-state index is 0.286. The van der Waals surface area contributed by atoms with Crippen molar-refractivity contribution in [1.82, 2.24) is 10.3 Å². The van der Waals surface area contributed by atoms with E-state index in [1.807, 2.05) is 12.3 Å². The SMILES string of the molecule is COC(=O)C(NCC(C)C)c1csc(C)n1. The second-order valence-electron chi connectivity index (χ2n) is 4.05. The second-order valence-corrected chi connectivity index (χ2v) is 5.11. The summed E-state index contributed by atoms with van der Waals surface area (Å²) in [5.74, 6) is 0.192. The Morgan fingerprint density at radius 2 is 2.31 bits per heavy atom. The van der Waals surface area contributed by atoms with Crippen molar-refractivity contribution in [3.63, 3.8) is 0 Å². The summed E-state index contributed by atoms with van der Waals surface area (Å²) < 4.78 is 4.77. The summed E-state index contributed by atoms with van der Waals surface area (Å²) in [4.78, 5) is 15.9. The van der Waals surface area contributed by atoms with Crippen LogP contribution in [0.25, 0.3) is 0 Å². The van der Waals surface area contributed by atoms with E-state index in [4.69, 9.17) is 4.74 Å². The van der Waals surface area contributed by atoms with Gasteiger partial charge in [0, 0.05) is 5.38 Å². The van der Waals surface area contributed by atoms with Gasteiger partial charge in [0.15, 0.2) is 0 Å². The predicted octanol–water partition coefficient (Wildman–Crippen LogP) is 1.91. The average molecular weight is 242 g/mol. The Hall–Kier alpha value is -0.940. The Morgan fingerprint density at radius 3 is 2.75 bits per heavy atom. The van der Waals surface area contributed by atoms with Crippen LogP contribution in [0, 0.1) is 12.8 Å². The number of methoxy groups -OCH3 is 1. The number of thiazole rings is 1. The first-order valence-corrected chi connectivity index (χ1v) is 6.15. The number of aryl methyl sites for hydroxylation is 1. The smallest absolute Gasteiger partial charge is 0.329 e. The Labute approximate surface area is 100 Å². The molecule has 4 nitrogen and oxygen atoms in total. The topological polar surface area (TPSA) is 51.2 Å². The lowest BCUT2D eigenvalue weighted by atomic mass is 10.2. The maximum absolute atomic E-state index is 11.6. The van der Waals surface area contributed by atoms with Crippen molar-refractivity contribution in [2.75, 3.05) is 13.7 Å². The van der Waals surface area contributed by atoms with Crippen molar-refractivity contribution < 1.29 is 9.53 Å². The molecule has 1 aromatic rings. The van der Waals surface area contributed by atoms with Gasteiger partial charge in [0.1, 0.15) is 6.04 Å². The van der Waals surface area contributed by atoms with Gasteiger partial charge in [-0.15, -0.1) is 11.3 Å². The predicted molar refractivity (Wildman–Crippen MR) is 64.4 cm³/mol. The lowest BCUT2D eigenvalue weighted by molar-refractivity contribution is -0.143. The number of nitrogens with one attached hydrogen (secondary N) is 1. The quantitative estimate of drug-likeness (QED) is 0.801. The summed E-state index contributed by atoms with van der Waals surface area (Å²) in [6, 6.07) is -0.447. The van der Waals surface area contributed by atoms with Gasteiger partial charge in [0.2, 0.25) is 0 Å². The van der Waals surface area contributed by atoms with Crippen LogP contribution in [0.2, 0.25) is 0 Å². The largest absolute Gasteiger partial charge is 0.468 e. The molecule has 5 heteroatoms. The molecule has 16 heavy (non-hydrogen) atoms. The molecule has 0 aromatic carbocycles. The summed E-state index contributed by atoms with van der Waals surface area (Å²) in [5.41, 5.74) is 0.745. The number of carbonyl (C=O) groups excluding carboxylic acids is 1. The fourth-order valence-corrected chi connectivity index (χ4v) is 1.93. The molecule has 1 N–H and O–H groups in total. The van der Waals surface area contributed by atoms with E-state index in [2.05, 4.69) is 24.1 Å². The van der Waals surface area contributed by atoms with Crippen LogP contribution >= 0.6 is 11.3 Å². The maximum atomic E-state index is 11.6. The Morgan fingerprint density at radius 1 is 1.62 bits per heavy atom. The normalized spacial score (nSPS) is 12.8. The van der Waals surface area contributed by atoms with Crippen molar-refractivity contribution in [2.24, 2.45) is 5.92 Å². The van der Waals surface area contributed by atoms with Crippen LogP contribution in [0.3, 0.4) is 0 Å². The molecule has 1 heterocycles. The van der Waals surface area contributed by atoms with E-state index >= 15 is 0 Å². The number of hydrogen-bond acceptors (Lipinski definition) is 5. The average Bonchev–Trinajstić information content (AvgIpc) is 2.64. The summed E-state index contributed by atoms with van der Waals surface area (Å²) in [7, 11) is 1.39. The van der Waals surface area contributed by atoms with E-state index in [9.17, 15) is 4.79 Å². The molecule has 0 bridgehead atoms. The molecular formula is C11H18N2O2S. The van der Waals surface area contributed by atoms with Crippen LogP contribution in [0.5, 0.6) is 0 Å². The van der Waals surface area contributed by atoms with Crippen molar-refractivity contribution in [1.29, 1.82) is 0 Å². The molecule has 1 aromatic heterocycles. The minimum atomic E-state index is -0.447. The van der Waals surface area contributed by atoms with Gasteiger partial charge >= 0.3 is 5.97 Å². The van der Waals surface area contributed by atoms with Crippen molar-refractivity contribution in [2.45, 2.75) is 26.8 Å². The highest BCUT2D eigenvalue weighted by Gasteiger charge is 2.23. The first-order valence-electron chi connectivity index (χ1n) is 5.27. The van der Waals surface area contributed by atoms with Crippen LogP contribution < -0.4 is 5.32 Å². The van der Waals surface area contributed by atoms with Gasteiger partial charge in [-0.1, -0.05) is 13.8 Å². The number of hydrogen-bond donors (Lipinski definition) is 1. The van der Waals surface area contributed by atoms with E-state index < -0.39 is 6.04 Å². The Bertz CT molecular complexity index is 350. The zero-order chi connectivity index (χ0) is 12.1. The van der Waals surface area contributed by atoms with E-state index in [0.717, 1.165) is 17.2 Å². The van der Waals surface area contributed by atoms with Gasteiger partial charge in [-0.2, -0.15) is 0 Å². The maximum Gasteiger partial charge on any atom is 0.329 e. The van der Waals surface area contributed by atoms with Crippen LogP contribution in [0.1, 0.15) is 30.6 Å². The molecule has 90 valence electrons. The van der Waals surface area contributed by atoms with Gasteiger partial charge in [0.05, 0.1) is 17.8 Å². The lowest BCUT2D eigenvalue weighted by Crippen LogP contribution is -2.32. The number of carbonyl (C=O) groups is 1. The fourth-order valence-electron chi connectivity index (χ4n) is 1.29. The van der Waals surface area contributed by atoms with Crippen molar-refractivity contribution in [3.05, 3.63) is 16.1 Å². The van der Waals surface area contributed by atoms with Crippen LogP contribution in [0.4, 0.5) is 0 Å². The molecule has 1 atom stereocenters. The molecule has 0 saturated heterocycles. The molecule has 0 radical (unpaired) electrons. The minimum Gasteiger partial charge on any atom is -0.468 e. The first kappa shape index (κ1) is 13.1. The molecular weight excluding hydrogens is 224 g/mol. The highest BCUT2D eigenvalue weighted by molar-refractivity contribution is 7.09. The molecule has 0 spiro atoms. The third-order valence-electron chi connectivity index (χ3n) is 2.10. The molecule has 0 aliphatic heterocycles. The monoisotopic (exact) mass is 242 g/mol. The fraction of sp³-hybridized carbons (Fsp3) is 0.636. The molecule has 0 aliphatic rings. The molecule has 0 fully saturated rings. The molecule has 0 saturated carbocycles. The number of nitrogens with zero attached hydrogens (tertiary/aromatic N) is 1. The summed E-state index contributed by atoms with van der Waals surface area (Å²) in [5, 5.41) is 6.02. The molecule has 0 amide bonds. The number of aromatic nitrogens is 1. The Balaban J connectivity index is 2.75. The van der Waals surface area contributed by atoms with E-state index in [1.54, 1.807) is 0 Å². The number of rotatable bonds is 5. The third-order valence-corrected chi connectivity index (χ3v) is 2.89. The third kappa shape index (κ3) is 3.57. The van der Waals surface area contributed by atoms with E-state index in [1.165, 1.54) is 18.4 Å². The standard InChI is InChI=1S/C11H18N2O2S/c1-7(2)5-12-10(11(14)15-4)9-6-16-8(3)13-9/h6-7,10,12H,5H2,1-4H3. The van der Waals surface area contributed by atoms with Gasteiger partial charge in [-0.25, -0.2) is 9.78 Å². The van der Waals surface area contributed by atoms with Crippen LogP contribution in [-0.2, 0) is 9.53 Å². The van der Waals surface area contributed by atoms with Gasteiger partial charge in [-0.3, -0.25) is 5.32 Å². The first-order chi connectivity index (χ1) is 7.54. The van der Waals surface area contributed by atoms with Crippen molar-refractivity contribution >= 4 is 17.3 Å². The summed E-state index contributed by atoms with van der Waals surface area (Å²) in [6.45, 7) is 6.86. The summed E-state index contributed by atoms with van der Waals surface area (Å²) >= 11 is 1.54. The molecule has 1 unspecified atom stereocenters. The van der Waals surface area contributed by atoms with E-state index in [0.29, 0.717) is 5.92 Å². The summed E-state index contributed by atoms with van der Waals surface area (Å²) in [6.07, 6.45) is 0. The lowest BCUT2D eigenvalue weighted by Gasteiger charge is -2.15. The van der Waals surface area contributed by atoms with Crippen LogP contribution in [0.15, 0.2) is 5.38 Å². The van der Waals surface area contributed by atoms with E-state index in [-0.39, 0.29) is 5.97 Å². The zero-order valence-electron chi connectivity index (χ0n) is 10.1. The van der Waals surface area contributed by atoms with Crippen LogP contribution in [-0.4, -0.2) is 24.6 Å². The zero-order valence-corrected chi connectivity index (χ0v) is 10.9. The van der Waals surface area contributed by atoms with Gasteiger partial charge < -0.3 is 4.74 Å². The second kappa shape index (κ2) is 5.96. The Kier molecular flexibility index (Phi) is 4.89.